The van der Waals surface area contributed by atoms with Gasteiger partial charge in [0, 0.05) is 0 Å². The summed E-state index contributed by atoms with van der Waals surface area (Å²) in [4.78, 5) is 0.328. The lowest BCUT2D eigenvalue weighted by atomic mass is 10.1. The second-order valence-electron chi connectivity index (χ2n) is 8.50. The smallest absolute Gasteiger partial charge is 0.182 e. The summed E-state index contributed by atoms with van der Waals surface area (Å²) in [6, 6.07) is 30.5. The van der Waals surface area contributed by atoms with E-state index < -0.39 is 19.7 Å². The van der Waals surface area contributed by atoms with Crippen LogP contribution in [0, 0.1) is 0 Å². The second kappa shape index (κ2) is 11.0. The molecule has 0 amide bonds. The van der Waals surface area contributed by atoms with Crippen molar-refractivity contribution in [2.75, 3.05) is 11.5 Å². The van der Waals surface area contributed by atoms with Crippen molar-refractivity contribution in [2.24, 2.45) is 0 Å². The summed E-state index contributed by atoms with van der Waals surface area (Å²) in [5.41, 5.74) is 2.59. The van der Waals surface area contributed by atoms with Crippen LogP contribution in [0.15, 0.2) is 132 Å². The fourth-order valence-corrected chi connectivity index (χ4v) is 6.39. The van der Waals surface area contributed by atoms with Crippen molar-refractivity contribution in [3.63, 3.8) is 0 Å². The fourth-order valence-electron chi connectivity index (χ4n) is 3.71. The van der Waals surface area contributed by atoms with E-state index in [1.807, 2.05) is 60.7 Å². The van der Waals surface area contributed by atoms with E-state index in [9.17, 15) is 16.8 Å². The zero-order valence-corrected chi connectivity index (χ0v) is 21.7. The van der Waals surface area contributed by atoms with Crippen LogP contribution >= 0.6 is 0 Å². The van der Waals surface area contributed by atoms with Crippen molar-refractivity contribution >= 4 is 30.8 Å². The van der Waals surface area contributed by atoms with Gasteiger partial charge in [-0.1, -0.05) is 73.8 Å². The molecule has 0 aliphatic rings. The average Bonchev–Trinajstić information content (AvgIpc) is 2.90. The highest BCUT2D eigenvalue weighted by atomic mass is 32.2. The first-order chi connectivity index (χ1) is 17.6. The Labute approximate surface area is 218 Å². The van der Waals surface area contributed by atoms with Gasteiger partial charge in [0.15, 0.2) is 19.7 Å². The summed E-state index contributed by atoms with van der Waals surface area (Å²) in [5.74, 6) is 0.469. The van der Waals surface area contributed by atoms with Crippen molar-refractivity contribution in [2.45, 2.75) is 9.79 Å². The lowest BCUT2D eigenvalue weighted by Crippen LogP contribution is -2.08. The van der Waals surface area contributed by atoms with Gasteiger partial charge in [0.25, 0.3) is 0 Å². The van der Waals surface area contributed by atoms with E-state index in [2.05, 4.69) is 13.2 Å². The van der Waals surface area contributed by atoms with Gasteiger partial charge in [0.2, 0.25) is 0 Å². The Morgan fingerprint density at radius 3 is 1.16 bits per heavy atom. The first kappa shape index (κ1) is 26.1. The Bertz CT molecular complexity index is 1480. The minimum absolute atomic E-state index is 0.164. The maximum atomic E-state index is 12.8. The third kappa shape index (κ3) is 6.64. The summed E-state index contributed by atoms with van der Waals surface area (Å²) in [5, 5.41) is 0. The maximum absolute atomic E-state index is 12.8. The molecule has 0 saturated heterocycles. The Morgan fingerprint density at radius 2 is 0.838 bits per heavy atom. The Morgan fingerprint density at radius 1 is 0.514 bits per heavy atom. The molecule has 4 aromatic carbocycles. The van der Waals surface area contributed by atoms with Gasteiger partial charge in [-0.05, 0) is 70.8 Å². The predicted molar refractivity (Wildman–Crippen MR) is 148 cm³/mol. The minimum atomic E-state index is -3.58. The van der Waals surface area contributed by atoms with E-state index in [-0.39, 0.29) is 21.3 Å². The zero-order chi connectivity index (χ0) is 26.5. The number of hydrogen-bond donors (Lipinski definition) is 0. The van der Waals surface area contributed by atoms with Gasteiger partial charge in [0.05, 0.1) is 21.3 Å². The fraction of sp³-hybridized carbons (Fsp3) is 0.0667. The van der Waals surface area contributed by atoms with Crippen LogP contribution in [-0.4, -0.2) is 28.3 Å². The highest BCUT2D eigenvalue weighted by Gasteiger charge is 2.18. The molecule has 0 radical (unpaired) electrons. The largest absolute Gasteiger partial charge is 0.457 e. The molecule has 0 unspecified atom stereocenters. The summed E-state index contributed by atoms with van der Waals surface area (Å²) >= 11 is 0. The molecule has 0 fully saturated rings. The van der Waals surface area contributed by atoms with Crippen molar-refractivity contribution in [3.8, 4) is 11.5 Å². The van der Waals surface area contributed by atoms with E-state index in [4.69, 9.17) is 4.74 Å². The molecule has 0 saturated carbocycles. The SMILES string of the molecule is C=C(CS(=O)(=O)c1ccc(Oc2ccc(S(=O)(=O)CC(=C)c3ccccc3)cc2)cc1)c1ccccc1. The van der Waals surface area contributed by atoms with E-state index in [1.54, 1.807) is 24.3 Å². The minimum Gasteiger partial charge on any atom is -0.457 e. The van der Waals surface area contributed by atoms with Gasteiger partial charge in [-0.25, -0.2) is 16.8 Å². The molecule has 0 aliphatic carbocycles. The van der Waals surface area contributed by atoms with Crippen LogP contribution in [0.2, 0.25) is 0 Å². The number of sulfone groups is 2. The van der Waals surface area contributed by atoms with Crippen LogP contribution in [0.4, 0.5) is 0 Å². The van der Waals surface area contributed by atoms with Gasteiger partial charge in [-0.2, -0.15) is 0 Å². The van der Waals surface area contributed by atoms with E-state index in [1.165, 1.54) is 24.3 Å². The number of rotatable bonds is 10. The molecule has 4 aromatic rings. The van der Waals surface area contributed by atoms with Crippen LogP contribution in [0.3, 0.4) is 0 Å². The molecule has 5 nitrogen and oxygen atoms in total. The highest BCUT2D eigenvalue weighted by molar-refractivity contribution is 7.92. The van der Waals surface area contributed by atoms with E-state index in [0.29, 0.717) is 22.6 Å². The highest BCUT2D eigenvalue weighted by Crippen LogP contribution is 2.27. The topological polar surface area (TPSA) is 77.5 Å². The van der Waals surface area contributed by atoms with Crippen LogP contribution in [0.25, 0.3) is 11.1 Å². The molecule has 0 atom stereocenters. The van der Waals surface area contributed by atoms with E-state index >= 15 is 0 Å². The molecule has 0 aromatic heterocycles. The first-order valence-corrected chi connectivity index (χ1v) is 14.7. The van der Waals surface area contributed by atoms with Gasteiger partial charge >= 0.3 is 0 Å². The summed E-state index contributed by atoms with van der Waals surface area (Å²) in [6.45, 7) is 7.83. The second-order valence-corrected chi connectivity index (χ2v) is 12.5. The number of hydrogen-bond acceptors (Lipinski definition) is 5. The monoisotopic (exact) mass is 530 g/mol. The molecule has 4 rings (SSSR count). The molecule has 0 bridgehead atoms. The Hall–Kier alpha value is -3.94. The molecule has 7 heteroatoms. The van der Waals surface area contributed by atoms with Crippen LogP contribution in [0.1, 0.15) is 11.1 Å². The molecule has 0 aliphatic heterocycles. The molecule has 0 heterocycles. The van der Waals surface area contributed by atoms with Crippen LogP contribution in [0.5, 0.6) is 11.5 Å². The third-order valence-electron chi connectivity index (χ3n) is 5.69. The lowest BCUT2D eigenvalue weighted by Gasteiger charge is -2.11. The van der Waals surface area contributed by atoms with Crippen molar-refractivity contribution in [1.82, 2.24) is 0 Å². The Kier molecular flexibility index (Phi) is 7.76. The van der Waals surface area contributed by atoms with Crippen molar-refractivity contribution in [3.05, 3.63) is 133 Å². The predicted octanol–water partition coefficient (Wildman–Crippen LogP) is 6.45. The Balaban J connectivity index is 1.40. The number of benzene rings is 4. The standard InChI is InChI=1S/C30H26O5S2/c1-23(25-9-5-3-6-10-25)21-36(31,32)29-17-13-27(14-18-29)35-28-15-19-30(20-16-28)37(33,34)22-24(2)26-11-7-4-8-12-26/h3-20H,1-2,21-22H2. The summed E-state index contributed by atoms with van der Waals surface area (Å²) < 4.78 is 57.1. The van der Waals surface area contributed by atoms with Gasteiger partial charge in [-0.15, -0.1) is 0 Å². The zero-order valence-electron chi connectivity index (χ0n) is 20.1. The van der Waals surface area contributed by atoms with Gasteiger partial charge < -0.3 is 4.74 Å². The molecular formula is C30H26O5S2. The van der Waals surface area contributed by atoms with Crippen molar-refractivity contribution in [1.29, 1.82) is 0 Å². The quantitative estimate of drug-likeness (QED) is 0.235. The third-order valence-corrected chi connectivity index (χ3v) is 9.13. The van der Waals surface area contributed by atoms with Crippen molar-refractivity contribution < 1.29 is 21.6 Å². The maximum Gasteiger partial charge on any atom is 0.182 e. The molecule has 37 heavy (non-hydrogen) atoms. The van der Waals surface area contributed by atoms with Crippen LogP contribution < -0.4 is 4.74 Å². The first-order valence-electron chi connectivity index (χ1n) is 11.4. The van der Waals surface area contributed by atoms with E-state index in [0.717, 1.165) is 11.1 Å². The van der Waals surface area contributed by atoms with Gasteiger partial charge in [0.1, 0.15) is 11.5 Å². The average molecular weight is 531 g/mol. The molecular weight excluding hydrogens is 504 g/mol. The number of ether oxygens (including phenoxy) is 1. The molecule has 188 valence electrons. The molecule has 0 N–H and O–H groups in total. The lowest BCUT2D eigenvalue weighted by molar-refractivity contribution is 0.481. The normalized spacial score (nSPS) is 11.6. The summed E-state index contributed by atoms with van der Waals surface area (Å²) in [7, 11) is -7.16. The summed E-state index contributed by atoms with van der Waals surface area (Å²) in [6.07, 6.45) is 0. The molecule has 0 spiro atoms. The van der Waals surface area contributed by atoms with Crippen LogP contribution in [-0.2, 0) is 19.7 Å². The van der Waals surface area contributed by atoms with Gasteiger partial charge in [-0.3, -0.25) is 0 Å².